The summed E-state index contributed by atoms with van der Waals surface area (Å²) in [5, 5.41) is 3.71. The summed E-state index contributed by atoms with van der Waals surface area (Å²) in [5.74, 6) is 0. The van der Waals surface area contributed by atoms with Gasteiger partial charge < -0.3 is 0 Å². The van der Waals surface area contributed by atoms with E-state index in [2.05, 4.69) is 21.7 Å². The molecule has 0 aliphatic heterocycles. The maximum atomic E-state index is 8.29. The van der Waals surface area contributed by atoms with Crippen molar-refractivity contribution in [1.82, 2.24) is 0 Å². The molecular weight excluding hydrogens is 164 g/mol. The summed E-state index contributed by atoms with van der Waals surface area (Å²) in [5.41, 5.74) is 8.02. The lowest BCUT2D eigenvalue weighted by Gasteiger charge is -2.17. The third kappa shape index (κ3) is 6.17. The van der Waals surface area contributed by atoms with Gasteiger partial charge in [0.15, 0.2) is 0 Å². The second-order valence-corrected chi connectivity index (χ2v) is 3.93. The molecule has 0 saturated carbocycles. The van der Waals surface area contributed by atoms with Crippen LogP contribution in [0.2, 0.25) is 0 Å². The number of rotatable bonds is 6. The van der Waals surface area contributed by atoms with Crippen LogP contribution in [0.1, 0.15) is 40.0 Å². The Balaban J connectivity index is 3.75. The van der Waals surface area contributed by atoms with Gasteiger partial charge in [-0.1, -0.05) is 25.4 Å². The molecule has 4 heteroatoms. The number of hydrogen-bond donors (Lipinski definition) is 0. The fourth-order valence-corrected chi connectivity index (χ4v) is 1.09. The number of nitrogens with zero attached hydrogens (tertiary/aromatic N) is 4. The fraction of sp³-hybridized carbons (Fsp3) is 0.889. The van der Waals surface area contributed by atoms with Crippen LogP contribution in [-0.4, -0.2) is 18.3 Å². The zero-order chi connectivity index (χ0) is 10.3. The van der Waals surface area contributed by atoms with E-state index in [1.807, 2.05) is 20.8 Å². The topological polar surface area (TPSA) is 61.1 Å². The third-order valence-corrected chi connectivity index (χ3v) is 2.04. The SMILES string of the molecule is C=N[C@H](C)CCCC(C)(C)N=[N+]=[N-]. The Morgan fingerprint density at radius 2 is 2.15 bits per heavy atom. The molecule has 74 valence electrons. The van der Waals surface area contributed by atoms with Crippen LogP contribution in [-0.2, 0) is 0 Å². The van der Waals surface area contributed by atoms with Crippen molar-refractivity contribution in [1.29, 1.82) is 0 Å². The minimum absolute atomic E-state index is 0.268. The minimum Gasteiger partial charge on any atom is -0.298 e. The highest BCUT2D eigenvalue weighted by Crippen LogP contribution is 2.18. The number of aliphatic imine (C=N–C) groups is 1. The number of hydrogen-bond acceptors (Lipinski definition) is 2. The van der Waals surface area contributed by atoms with Crippen LogP contribution in [0, 0.1) is 0 Å². The Morgan fingerprint density at radius 3 is 2.62 bits per heavy atom. The second kappa shape index (κ2) is 5.60. The van der Waals surface area contributed by atoms with Gasteiger partial charge in [0, 0.05) is 16.5 Å². The molecule has 1 atom stereocenters. The van der Waals surface area contributed by atoms with Crippen molar-refractivity contribution in [2.75, 3.05) is 0 Å². The largest absolute Gasteiger partial charge is 0.298 e. The Hall–Kier alpha value is -1.02. The Labute approximate surface area is 79.7 Å². The molecule has 0 aliphatic rings. The summed E-state index contributed by atoms with van der Waals surface area (Å²) >= 11 is 0. The Kier molecular flexibility index (Phi) is 5.16. The van der Waals surface area contributed by atoms with Gasteiger partial charge in [-0.05, 0) is 32.0 Å². The molecule has 0 aromatic heterocycles. The van der Waals surface area contributed by atoms with Crippen LogP contribution < -0.4 is 0 Å². The maximum Gasteiger partial charge on any atom is 0.0464 e. The normalized spacial score (nSPS) is 13.2. The molecule has 0 aromatic rings. The molecule has 0 radical (unpaired) electrons. The first-order valence-corrected chi connectivity index (χ1v) is 4.54. The molecule has 0 aromatic carbocycles. The van der Waals surface area contributed by atoms with Gasteiger partial charge in [-0.25, -0.2) is 0 Å². The average Bonchev–Trinajstić information content (AvgIpc) is 2.03. The summed E-state index contributed by atoms with van der Waals surface area (Å²) in [7, 11) is 0. The van der Waals surface area contributed by atoms with Gasteiger partial charge in [-0.15, -0.1) is 0 Å². The third-order valence-electron chi connectivity index (χ3n) is 2.04. The standard InChI is InChI=1S/C9H18N4/c1-8(11-4)6-5-7-9(2,3)12-13-10/h8H,4-7H2,1-3H3/t8-/m1/s1. The molecule has 0 fully saturated rings. The zero-order valence-corrected chi connectivity index (χ0v) is 8.69. The molecule has 13 heavy (non-hydrogen) atoms. The van der Waals surface area contributed by atoms with E-state index >= 15 is 0 Å². The van der Waals surface area contributed by atoms with Crippen LogP contribution in [0.25, 0.3) is 10.4 Å². The molecule has 0 unspecified atom stereocenters. The van der Waals surface area contributed by atoms with Gasteiger partial charge >= 0.3 is 0 Å². The van der Waals surface area contributed by atoms with E-state index in [-0.39, 0.29) is 5.54 Å². The van der Waals surface area contributed by atoms with Gasteiger partial charge in [-0.2, -0.15) is 0 Å². The van der Waals surface area contributed by atoms with Crippen LogP contribution in [0.3, 0.4) is 0 Å². The minimum atomic E-state index is -0.268. The molecule has 0 aliphatic carbocycles. The molecule has 0 spiro atoms. The summed E-state index contributed by atoms with van der Waals surface area (Å²) in [4.78, 5) is 6.72. The van der Waals surface area contributed by atoms with E-state index in [9.17, 15) is 0 Å². The van der Waals surface area contributed by atoms with E-state index in [1.54, 1.807) is 0 Å². The molecule has 0 amide bonds. The molecule has 0 N–H and O–H groups in total. The van der Waals surface area contributed by atoms with Crippen LogP contribution in [0.15, 0.2) is 10.1 Å². The summed E-state index contributed by atoms with van der Waals surface area (Å²) in [6, 6.07) is 0.307. The first-order valence-electron chi connectivity index (χ1n) is 4.54. The van der Waals surface area contributed by atoms with E-state index in [4.69, 9.17) is 5.53 Å². The van der Waals surface area contributed by atoms with Crippen molar-refractivity contribution in [2.45, 2.75) is 51.6 Å². The highest BCUT2D eigenvalue weighted by molar-refractivity contribution is 5.23. The van der Waals surface area contributed by atoms with E-state index in [1.165, 1.54) is 0 Å². The van der Waals surface area contributed by atoms with Crippen molar-refractivity contribution in [3.63, 3.8) is 0 Å². The average molecular weight is 182 g/mol. The van der Waals surface area contributed by atoms with Crippen LogP contribution in [0.5, 0.6) is 0 Å². The molecule has 0 bridgehead atoms. The van der Waals surface area contributed by atoms with Gasteiger partial charge in [-0.3, -0.25) is 4.99 Å². The second-order valence-electron chi connectivity index (χ2n) is 3.93. The summed E-state index contributed by atoms with van der Waals surface area (Å²) in [6.45, 7) is 9.40. The smallest absolute Gasteiger partial charge is 0.0464 e. The van der Waals surface area contributed by atoms with Crippen molar-refractivity contribution >= 4 is 6.72 Å². The molecule has 4 nitrogen and oxygen atoms in total. The lowest BCUT2D eigenvalue weighted by Crippen LogP contribution is -2.15. The molecule has 0 rings (SSSR count). The Morgan fingerprint density at radius 1 is 1.54 bits per heavy atom. The quantitative estimate of drug-likeness (QED) is 0.262. The van der Waals surface area contributed by atoms with Crippen molar-refractivity contribution in [2.24, 2.45) is 10.1 Å². The number of azide groups is 1. The van der Waals surface area contributed by atoms with Gasteiger partial charge in [0.1, 0.15) is 0 Å². The summed E-state index contributed by atoms with van der Waals surface area (Å²) in [6.07, 6.45) is 2.93. The molecular formula is C9H18N4. The van der Waals surface area contributed by atoms with Crippen molar-refractivity contribution in [3.8, 4) is 0 Å². The molecule has 0 heterocycles. The summed E-state index contributed by atoms with van der Waals surface area (Å²) < 4.78 is 0. The Bertz CT molecular complexity index is 204. The van der Waals surface area contributed by atoms with Gasteiger partial charge in [0.2, 0.25) is 0 Å². The highest BCUT2D eigenvalue weighted by atomic mass is 15.2. The highest BCUT2D eigenvalue weighted by Gasteiger charge is 2.14. The first-order chi connectivity index (χ1) is 6.02. The van der Waals surface area contributed by atoms with Crippen LogP contribution in [0.4, 0.5) is 0 Å². The lowest BCUT2D eigenvalue weighted by molar-refractivity contribution is 0.438. The van der Waals surface area contributed by atoms with Gasteiger partial charge in [0.05, 0.1) is 0 Å². The fourth-order valence-electron chi connectivity index (χ4n) is 1.09. The predicted molar refractivity (Wildman–Crippen MR) is 56.1 cm³/mol. The zero-order valence-electron chi connectivity index (χ0n) is 8.69. The molecule has 0 saturated heterocycles. The predicted octanol–water partition coefficient (Wildman–Crippen LogP) is 3.33. The first kappa shape index (κ1) is 12.0. The van der Waals surface area contributed by atoms with Crippen LogP contribution >= 0.6 is 0 Å². The maximum absolute atomic E-state index is 8.29. The monoisotopic (exact) mass is 182 g/mol. The van der Waals surface area contributed by atoms with Crippen molar-refractivity contribution in [3.05, 3.63) is 10.4 Å². The van der Waals surface area contributed by atoms with E-state index in [0.717, 1.165) is 19.3 Å². The van der Waals surface area contributed by atoms with Crippen molar-refractivity contribution < 1.29 is 0 Å². The lowest BCUT2D eigenvalue weighted by atomic mass is 9.97. The van der Waals surface area contributed by atoms with E-state index in [0.29, 0.717) is 6.04 Å². The van der Waals surface area contributed by atoms with E-state index < -0.39 is 0 Å². The van der Waals surface area contributed by atoms with Gasteiger partial charge in [0.25, 0.3) is 0 Å².